The van der Waals surface area contributed by atoms with Crippen LogP contribution in [0.4, 0.5) is 9.59 Å². The summed E-state index contributed by atoms with van der Waals surface area (Å²) in [5, 5.41) is 9.38. The van der Waals surface area contributed by atoms with Crippen LogP contribution in [0.1, 0.15) is 25.0 Å². The van der Waals surface area contributed by atoms with Gasteiger partial charge in [-0.15, -0.1) is 0 Å². The zero-order valence-electron chi connectivity index (χ0n) is 18.2. The third kappa shape index (κ3) is 8.38. The Morgan fingerprint density at radius 1 is 0.879 bits per heavy atom. The molecule has 0 amide bonds. The van der Waals surface area contributed by atoms with Crippen molar-refractivity contribution in [3.8, 4) is 17.6 Å². The van der Waals surface area contributed by atoms with E-state index in [0.29, 0.717) is 12.0 Å². The van der Waals surface area contributed by atoms with Gasteiger partial charge in [0.15, 0.2) is 11.5 Å². The highest BCUT2D eigenvalue weighted by atomic mass is 16.7. The van der Waals surface area contributed by atoms with Gasteiger partial charge in [0, 0.05) is 6.42 Å². The maximum Gasteiger partial charge on any atom is 0.513 e. The highest BCUT2D eigenvalue weighted by Crippen LogP contribution is 2.30. The van der Waals surface area contributed by atoms with E-state index in [9.17, 15) is 19.6 Å². The summed E-state index contributed by atoms with van der Waals surface area (Å²) in [4.78, 5) is 35.7. The third-order valence-electron chi connectivity index (χ3n) is 4.00. The van der Waals surface area contributed by atoms with Gasteiger partial charge in [0.2, 0.25) is 0 Å². The summed E-state index contributed by atoms with van der Waals surface area (Å²) >= 11 is 0. The van der Waals surface area contributed by atoms with E-state index < -0.39 is 18.3 Å². The van der Waals surface area contributed by atoms with Crippen molar-refractivity contribution < 1.29 is 38.1 Å². The van der Waals surface area contributed by atoms with Crippen LogP contribution in [0.3, 0.4) is 0 Å². The van der Waals surface area contributed by atoms with Gasteiger partial charge in [0.1, 0.15) is 11.6 Å². The van der Waals surface area contributed by atoms with Gasteiger partial charge < -0.3 is 23.7 Å². The molecule has 0 aliphatic heterocycles. The zero-order valence-corrected chi connectivity index (χ0v) is 18.2. The molecule has 33 heavy (non-hydrogen) atoms. The minimum Gasteiger partial charge on any atom is -0.461 e. The summed E-state index contributed by atoms with van der Waals surface area (Å²) in [5.74, 6) is -1.07. The lowest BCUT2D eigenvalue weighted by molar-refractivity contribution is -0.138. The number of hydrogen-bond donors (Lipinski definition) is 0. The Labute approximate surface area is 191 Å². The Balaban J connectivity index is 2.17. The van der Waals surface area contributed by atoms with Crippen molar-refractivity contribution in [2.45, 2.75) is 20.3 Å². The molecule has 9 heteroatoms. The average Bonchev–Trinajstić information content (AvgIpc) is 2.80. The van der Waals surface area contributed by atoms with Gasteiger partial charge >= 0.3 is 18.3 Å². The Bertz CT molecular complexity index is 1040. The first kappa shape index (κ1) is 24.9. The first-order valence-electron chi connectivity index (χ1n) is 10.1. The molecular weight excluding hydrogens is 430 g/mol. The molecule has 0 unspecified atom stereocenters. The maximum absolute atomic E-state index is 12.3. The molecule has 0 aromatic heterocycles. The molecule has 0 heterocycles. The lowest BCUT2D eigenvalue weighted by Gasteiger charge is -2.11. The Kier molecular flexibility index (Phi) is 9.95. The van der Waals surface area contributed by atoms with Crippen LogP contribution in [0.2, 0.25) is 0 Å². The molecule has 2 aromatic carbocycles. The Morgan fingerprint density at radius 3 is 2.12 bits per heavy atom. The molecular formula is C24H23NO8. The van der Waals surface area contributed by atoms with Gasteiger partial charge in [0.05, 0.1) is 19.8 Å². The summed E-state index contributed by atoms with van der Waals surface area (Å²) in [6.07, 6.45) is -0.248. The minimum absolute atomic E-state index is 0.0693. The number of carbonyl (C=O) groups excluding carboxylic acids is 3. The average molecular weight is 453 g/mol. The van der Waals surface area contributed by atoms with Gasteiger partial charge in [-0.25, -0.2) is 14.4 Å². The van der Waals surface area contributed by atoms with Crippen molar-refractivity contribution in [3.63, 3.8) is 0 Å². The van der Waals surface area contributed by atoms with Gasteiger partial charge in [-0.2, -0.15) is 5.26 Å². The fourth-order valence-electron chi connectivity index (χ4n) is 2.54. The lowest BCUT2D eigenvalue weighted by Crippen LogP contribution is -2.14. The molecule has 0 N–H and O–H groups in total. The fraction of sp³-hybridized carbons (Fsp3) is 0.250. The van der Waals surface area contributed by atoms with Crippen LogP contribution in [0.25, 0.3) is 6.08 Å². The van der Waals surface area contributed by atoms with E-state index in [1.807, 2.05) is 30.3 Å². The predicted octanol–water partition coefficient (Wildman–Crippen LogP) is 4.45. The maximum atomic E-state index is 12.3. The van der Waals surface area contributed by atoms with Crippen LogP contribution < -0.4 is 9.47 Å². The lowest BCUT2D eigenvalue weighted by atomic mass is 10.1. The molecule has 0 saturated carbocycles. The zero-order chi connectivity index (χ0) is 24.1. The molecule has 0 spiro atoms. The molecule has 0 saturated heterocycles. The third-order valence-corrected chi connectivity index (χ3v) is 4.00. The molecule has 9 nitrogen and oxygen atoms in total. The van der Waals surface area contributed by atoms with Crippen LogP contribution in [-0.4, -0.2) is 38.1 Å². The SMILES string of the molecule is CCOC(=O)Oc1ccc(/C=C(\C#N)C(=O)OCCc2ccccc2)cc1OC(=O)OCC. The van der Waals surface area contributed by atoms with E-state index in [0.717, 1.165) is 5.56 Å². The highest BCUT2D eigenvalue weighted by Gasteiger charge is 2.17. The van der Waals surface area contributed by atoms with E-state index in [1.165, 1.54) is 24.3 Å². The van der Waals surface area contributed by atoms with Gasteiger partial charge in [-0.1, -0.05) is 36.4 Å². The number of esters is 1. The summed E-state index contributed by atoms with van der Waals surface area (Å²) < 4.78 is 24.7. The van der Waals surface area contributed by atoms with Crippen molar-refractivity contribution in [2.75, 3.05) is 19.8 Å². The standard InChI is InChI=1S/C24H23NO8/c1-3-29-23(27)32-20-11-10-18(15-21(20)33-24(28)30-4-2)14-19(16-25)22(26)31-13-12-17-8-6-5-7-9-17/h5-11,14-15H,3-4,12-13H2,1-2H3/b19-14+. The molecule has 0 fully saturated rings. The monoisotopic (exact) mass is 453 g/mol. The number of nitriles is 1. The molecule has 2 rings (SSSR count). The van der Waals surface area contributed by atoms with Crippen molar-refractivity contribution >= 4 is 24.4 Å². The molecule has 0 atom stereocenters. The molecule has 0 radical (unpaired) electrons. The number of ether oxygens (including phenoxy) is 5. The fourth-order valence-corrected chi connectivity index (χ4v) is 2.54. The number of nitrogens with zero attached hydrogens (tertiary/aromatic N) is 1. The summed E-state index contributed by atoms with van der Waals surface area (Å²) in [7, 11) is 0. The Hall–Kier alpha value is -4.32. The first-order valence-corrected chi connectivity index (χ1v) is 10.1. The van der Waals surface area contributed by atoms with Crippen LogP contribution in [0.5, 0.6) is 11.5 Å². The summed E-state index contributed by atoms with van der Waals surface area (Å²) in [6.45, 7) is 3.46. The van der Waals surface area contributed by atoms with Crippen molar-refractivity contribution in [1.29, 1.82) is 5.26 Å². The largest absolute Gasteiger partial charge is 0.513 e. The van der Waals surface area contributed by atoms with E-state index in [4.69, 9.17) is 23.7 Å². The Morgan fingerprint density at radius 2 is 1.52 bits per heavy atom. The van der Waals surface area contributed by atoms with Crippen LogP contribution in [-0.2, 0) is 25.4 Å². The van der Waals surface area contributed by atoms with Gasteiger partial charge in [-0.05, 0) is 43.2 Å². The van der Waals surface area contributed by atoms with Crippen LogP contribution >= 0.6 is 0 Å². The van der Waals surface area contributed by atoms with Crippen molar-refractivity contribution in [1.82, 2.24) is 0 Å². The van der Waals surface area contributed by atoms with E-state index >= 15 is 0 Å². The molecule has 172 valence electrons. The normalized spacial score (nSPS) is 10.5. The molecule has 0 aliphatic carbocycles. The van der Waals surface area contributed by atoms with Gasteiger partial charge in [0.25, 0.3) is 0 Å². The van der Waals surface area contributed by atoms with Crippen LogP contribution in [0.15, 0.2) is 54.1 Å². The van der Waals surface area contributed by atoms with E-state index in [-0.39, 0.29) is 36.9 Å². The van der Waals surface area contributed by atoms with Crippen LogP contribution in [0, 0.1) is 11.3 Å². The minimum atomic E-state index is -1.02. The second-order valence-corrected chi connectivity index (χ2v) is 6.32. The second kappa shape index (κ2) is 13.2. The number of carbonyl (C=O) groups is 3. The predicted molar refractivity (Wildman–Crippen MR) is 116 cm³/mol. The summed E-state index contributed by atoms with van der Waals surface area (Å²) in [5.41, 5.74) is 1.05. The second-order valence-electron chi connectivity index (χ2n) is 6.32. The van der Waals surface area contributed by atoms with Crippen molar-refractivity contribution in [2.24, 2.45) is 0 Å². The molecule has 0 bridgehead atoms. The molecule has 0 aliphatic rings. The van der Waals surface area contributed by atoms with E-state index in [1.54, 1.807) is 19.9 Å². The first-order chi connectivity index (χ1) is 16.0. The number of hydrogen-bond acceptors (Lipinski definition) is 9. The quantitative estimate of drug-likeness (QED) is 0.178. The summed E-state index contributed by atoms with van der Waals surface area (Å²) in [6, 6.07) is 15.3. The van der Waals surface area contributed by atoms with Gasteiger partial charge in [-0.3, -0.25) is 0 Å². The highest BCUT2D eigenvalue weighted by molar-refractivity contribution is 5.98. The molecule has 2 aromatic rings. The number of benzene rings is 2. The topological polar surface area (TPSA) is 121 Å². The van der Waals surface area contributed by atoms with Crippen molar-refractivity contribution in [3.05, 3.63) is 65.2 Å². The number of rotatable bonds is 9. The smallest absolute Gasteiger partial charge is 0.461 e. The van der Waals surface area contributed by atoms with E-state index in [2.05, 4.69) is 0 Å².